The van der Waals surface area contributed by atoms with Crippen molar-refractivity contribution in [2.24, 2.45) is 0 Å². The smallest absolute Gasteiger partial charge is 0.338 e. The van der Waals surface area contributed by atoms with Crippen molar-refractivity contribution in [3.8, 4) is 11.5 Å². The third-order valence-corrected chi connectivity index (χ3v) is 3.76. The molecule has 0 fully saturated rings. The fraction of sp³-hybridized carbons (Fsp3) is 0.176. The third kappa shape index (κ3) is 4.64. The van der Waals surface area contributed by atoms with Crippen molar-refractivity contribution < 1.29 is 13.9 Å². The quantitative estimate of drug-likeness (QED) is 0.500. The second kappa shape index (κ2) is 8.54. The monoisotopic (exact) mass is 400 g/mol. The van der Waals surface area contributed by atoms with Crippen molar-refractivity contribution in [2.45, 2.75) is 0 Å². The van der Waals surface area contributed by atoms with Crippen LogP contribution in [0.3, 0.4) is 0 Å². The topological polar surface area (TPSA) is 64.4 Å². The number of hydrogen-bond acceptors (Lipinski definition) is 5. The van der Waals surface area contributed by atoms with Crippen LogP contribution < -0.4 is 5.32 Å². The summed E-state index contributed by atoms with van der Waals surface area (Å²) < 4.78 is 10.9. The van der Waals surface area contributed by atoms with Gasteiger partial charge in [0.05, 0.1) is 5.56 Å². The van der Waals surface area contributed by atoms with Gasteiger partial charge in [0.1, 0.15) is 12.1 Å². The Balaban J connectivity index is 0.00000225. The van der Waals surface area contributed by atoms with Crippen LogP contribution in [-0.2, 0) is 4.74 Å². The van der Waals surface area contributed by atoms with Crippen LogP contribution in [0, 0.1) is 0 Å². The number of esters is 1. The number of aromatic nitrogens is 1. The van der Waals surface area contributed by atoms with E-state index in [1.807, 2.05) is 0 Å². The van der Waals surface area contributed by atoms with Crippen molar-refractivity contribution in [1.82, 2.24) is 10.3 Å². The van der Waals surface area contributed by atoms with Gasteiger partial charge in [0.25, 0.3) is 0 Å². The minimum Gasteiger partial charge on any atom is -0.461 e. The highest BCUT2D eigenvalue weighted by atomic mass is 35.5. The lowest BCUT2D eigenvalue weighted by Gasteiger charge is -2.03. The van der Waals surface area contributed by atoms with Gasteiger partial charge in [-0.15, -0.1) is 12.4 Å². The average Bonchev–Trinajstić information content (AvgIpc) is 2.97. The minimum atomic E-state index is -0.407. The van der Waals surface area contributed by atoms with Crippen LogP contribution in [0.2, 0.25) is 10.0 Å². The van der Waals surface area contributed by atoms with E-state index in [1.54, 1.807) is 43.4 Å². The van der Waals surface area contributed by atoms with Gasteiger partial charge in [0.2, 0.25) is 5.89 Å². The molecule has 0 spiro atoms. The number of fused-ring (bicyclic) bond motifs is 1. The highest BCUT2D eigenvalue weighted by Gasteiger charge is 2.13. The number of rotatable bonds is 5. The summed E-state index contributed by atoms with van der Waals surface area (Å²) in [6.45, 7) is 0.895. The molecule has 0 aliphatic heterocycles. The molecular formula is C17H15Cl3N2O3. The van der Waals surface area contributed by atoms with Gasteiger partial charge in [-0.05, 0) is 43.4 Å². The van der Waals surface area contributed by atoms with Gasteiger partial charge < -0.3 is 14.5 Å². The van der Waals surface area contributed by atoms with Gasteiger partial charge in [-0.3, -0.25) is 0 Å². The summed E-state index contributed by atoms with van der Waals surface area (Å²) in [5, 5.41) is 3.90. The standard InChI is InChI=1S/C17H14Cl2N2O3.ClH/c1-20-4-5-23-17(22)10-2-3-14-15(8-10)24-16(21-14)11-6-12(18)9-13(19)7-11;/h2-3,6-9,20H,4-5H2,1H3;1H. The molecule has 0 aliphatic carbocycles. The van der Waals surface area contributed by atoms with Crippen molar-refractivity contribution in [3.63, 3.8) is 0 Å². The first kappa shape index (κ1) is 19.5. The summed E-state index contributed by atoms with van der Waals surface area (Å²) in [6.07, 6.45) is 0. The van der Waals surface area contributed by atoms with E-state index in [1.165, 1.54) is 0 Å². The maximum atomic E-state index is 12.0. The number of halogens is 3. The number of likely N-dealkylation sites (N-methyl/N-ethyl adjacent to an activating group) is 1. The number of hydrogen-bond donors (Lipinski definition) is 1. The summed E-state index contributed by atoms with van der Waals surface area (Å²) in [5.74, 6) is -0.0222. The zero-order valence-corrected chi connectivity index (χ0v) is 15.5. The second-order valence-electron chi connectivity index (χ2n) is 5.10. The molecule has 0 aliphatic rings. The largest absolute Gasteiger partial charge is 0.461 e. The van der Waals surface area contributed by atoms with Gasteiger partial charge in [0, 0.05) is 22.2 Å². The summed E-state index contributed by atoms with van der Waals surface area (Å²) >= 11 is 12.0. The average molecular weight is 402 g/mol. The second-order valence-corrected chi connectivity index (χ2v) is 5.97. The zero-order valence-electron chi connectivity index (χ0n) is 13.2. The lowest BCUT2D eigenvalue weighted by Crippen LogP contribution is -2.17. The molecule has 0 saturated heterocycles. The Bertz CT molecular complexity index is 876. The number of carbonyl (C=O) groups is 1. The van der Waals surface area contributed by atoms with E-state index < -0.39 is 5.97 Å². The first-order valence-electron chi connectivity index (χ1n) is 7.25. The Kier molecular flexibility index (Phi) is 6.67. The Morgan fingerprint density at radius 2 is 1.92 bits per heavy atom. The molecule has 0 radical (unpaired) electrons. The van der Waals surface area contributed by atoms with Crippen LogP contribution in [0.15, 0.2) is 40.8 Å². The Hall–Kier alpha value is -1.79. The minimum absolute atomic E-state index is 0. The van der Waals surface area contributed by atoms with E-state index >= 15 is 0 Å². The highest BCUT2D eigenvalue weighted by molar-refractivity contribution is 6.35. The van der Waals surface area contributed by atoms with E-state index in [0.29, 0.717) is 51.3 Å². The molecule has 0 bridgehead atoms. The van der Waals surface area contributed by atoms with Crippen LogP contribution in [-0.4, -0.2) is 31.2 Å². The molecule has 132 valence electrons. The van der Waals surface area contributed by atoms with Crippen LogP contribution in [0.25, 0.3) is 22.6 Å². The normalized spacial score (nSPS) is 10.5. The molecule has 25 heavy (non-hydrogen) atoms. The molecule has 1 N–H and O–H groups in total. The van der Waals surface area contributed by atoms with E-state index in [-0.39, 0.29) is 12.4 Å². The molecule has 1 heterocycles. The van der Waals surface area contributed by atoms with E-state index in [0.717, 1.165) is 0 Å². The van der Waals surface area contributed by atoms with Crippen molar-refractivity contribution >= 4 is 52.7 Å². The SMILES string of the molecule is CNCCOC(=O)c1ccc2nc(-c3cc(Cl)cc(Cl)c3)oc2c1.Cl. The summed E-state index contributed by atoms with van der Waals surface area (Å²) in [6, 6.07) is 10.0. The van der Waals surface area contributed by atoms with Crippen molar-refractivity contribution in [3.05, 3.63) is 52.0 Å². The highest BCUT2D eigenvalue weighted by Crippen LogP contribution is 2.29. The molecule has 0 amide bonds. The molecular weight excluding hydrogens is 387 g/mol. The maximum Gasteiger partial charge on any atom is 0.338 e. The summed E-state index contributed by atoms with van der Waals surface area (Å²) in [5.41, 5.74) is 2.20. The number of carbonyl (C=O) groups excluding carboxylic acids is 1. The fourth-order valence-corrected chi connectivity index (χ4v) is 2.71. The molecule has 8 heteroatoms. The zero-order chi connectivity index (χ0) is 17.1. The first-order valence-corrected chi connectivity index (χ1v) is 8.01. The molecule has 0 unspecified atom stereocenters. The third-order valence-electron chi connectivity index (χ3n) is 3.32. The summed E-state index contributed by atoms with van der Waals surface area (Å²) in [7, 11) is 1.79. The predicted molar refractivity (Wildman–Crippen MR) is 101 cm³/mol. The molecule has 5 nitrogen and oxygen atoms in total. The molecule has 1 aromatic heterocycles. The lowest BCUT2D eigenvalue weighted by molar-refractivity contribution is 0.0510. The molecule has 3 rings (SSSR count). The van der Waals surface area contributed by atoms with E-state index in [4.69, 9.17) is 32.4 Å². The van der Waals surface area contributed by atoms with Crippen LogP contribution in [0.4, 0.5) is 0 Å². The number of nitrogens with zero attached hydrogens (tertiary/aromatic N) is 1. The predicted octanol–water partition coefficient (Wildman–Crippen LogP) is 4.60. The number of ether oxygens (including phenoxy) is 1. The van der Waals surface area contributed by atoms with Crippen LogP contribution >= 0.6 is 35.6 Å². The van der Waals surface area contributed by atoms with E-state index in [9.17, 15) is 4.79 Å². The lowest BCUT2D eigenvalue weighted by atomic mass is 10.2. The Labute approximate surface area is 160 Å². The Morgan fingerprint density at radius 1 is 1.20 bits per heavy atom. The molecule has 3 aromatic rings. The number of benzene rings is 2. The first-order chi connectivity index (χ1) is 11.6. The molecule has 0 saturated carbocycles. The van der Waals surface area contributed by atoms with Crippen molar-refractivity contribution in [1.29, 1.82) is 0 Å². The van der Waals surface area contributed by atoms with Crippen LogP contribution in [0.5, 0.6) is 0 Å². The maximum absolute atomic E-state index is 12.0. The Morgan fingerprint density at radius 3 is 2.60 bits per heavy atom. The van der Waals surface area contributed by atoms with Gasteiger partial charge in [-0.25, -0.2) is 9.78 Å². The van der Waals surface area contributed by atoms with Gasteiger partial charge >= 0.3 is 5.97 Å². The van der Waals surface area contributed by atoms with Crippen LogP contribution in [0.1, 0.15) is 10.4 Å². The molecule has 0 atom stereocenters. The van der Waals surface area contributed by atoms with Gasteiger partial charge in [-0.2, -0.15) is 0 Å². The fourth-order valence-electron chi connectivity index (χ4n) is 2.18. The number of oxazole rings is 1. The summed E-state index contributed by atoms with van der Waals surface area (Å²) in [4.78, 5) is 16.4. The van der Waals surface area contributed by atoms with Gasteiger partial charge in [-0.1, -0.05) is 23.2 Å². The number of nitrogens with one attached hydrogen (secondary N) is 1. The van der Waals surface area contributed by atoms with Crippen molar-refractivity contribution in [2.75, 3.05) is 20.2 Å². The van der Waals surface area contributed by atoms with Gasteiger partial charge in [0.15, 0.2) is 5.58 Å². The van der Waals surface area contributed by atoms with E-state index in [2.05, 4.69) is 10.3 Å². The molecule has 2 aromatic carbocycles.